The lowest BCUT2D eigenvalue weighted by atomic mass is 9.95. The summed E-state index contributed by atoms with van der Waals surface area (Å²) in [4.78, 5) is 31.8. The second-order valence-electron chi connectivity index (χ2n) is 7.23. The predicted octanol–water partition coefficient (Wildman–Crippen LogP) is 1.37. The molecule has 3 aliphatic heterocycles. The summed E-state index contributed by atoms with van der Waals surface area (Å²) in [6, 6.07) is 9.07. The highest BCUT2D eigenvalue weighted by Gasteiger charge is 2.43. The van der Waals surface area contributed by atoms with Crippen LogP contribution in [0.5, 0.6) is 0 Å². The average molecular weight is 382 g/mol. The summed E-state index contributed by atoms with van der Waals surface area (Å²) in [6.07, 6.45) is 1.69. The number of rotatable bonds is 6. The Morgan fingerprint density at radius 2 is 1.89 bits per heavy atom. The number of hydrogen-bond donors (Lipinski definition) is 1. The molecule has 1 fully saturated rings. The third kappa shape index (κ3) is 3.55. The number of ether oxygens (including phenoxy) is 1. The Balaban J connectivity index is 1.57. The van der Waals surface area contributed by atoms with Gasteiger partial charge in [0.15, 0.2) is 0 Å². The van der Waals surface area contributed by atoms with E-state index in [0.717, 1.165) is 44.1 Å². The monoisotopic (exact) mass is 382 g/mol. The van der Waals surface area contributed by atoms with Gasteiger partial charge in [0.2, 0.25) is 0 Å². The molecule has 3 aliphatic rings. The normalized spacial score (nSPS) is 23.1. The van der Waals surface area contributed by atoms with E-state index in [4.69, 9.17) is 4.74 Å². The Kier molecular flexibility index (Phi) is 5.45. The molecule has 148 valence electrons. The zero-order valence-corrected chi connectivity index (χ0v) is 16.0. The van der Waals surface area contributed by atoms with E-state index in [0.29, 0.717) is 25.2 Å². The number of carbonyl (C=O) groups excluding carboxylic acids is 2. The summed E-state index contributed by atoms with van der Waals surface area (Å²) >= 11 is 0. The van der Waals surface area contributed by atoms with Gasteiger partial charge in [0.1, 0.15) is 0 Å². The van der Waals surface area contributed by atoms with Gasteiger partial charge in [-0.15, -0.1) is 6.58 Å². The fourth-order valence-electron chi connectivity index (χ4n) is 4.03. The van der Waals surface area contributed by atoms with E-state index in [9.17, 15) is 9.59 Å². The predicted molar refractivity (Wildman–Crippen MR) is 105 cm³/mol. The van der Waals surface area contributed by atoms with Crippen LogP contribution in [0.3, 0.4) is 0 Å². The third-order valence-corrected chi connectivity index (χ3v) is 5.53. The Bertz CT molecular complexity index is 786. The van der Waals surface area contributed by atoms with Crippen LogP contribution in [-0.4, -0.2) is 79.1 Å². The molecule has 1 N–H and O–H groups in total. The van der Waals surface area contributed by atoms with Crippen LogP contribution in [0, 0.1) is 0 Å². The van der Waals surface area contributed by atoms with Crippen LogP contribution < -0.4 is 5.32 Å². The van der Waals surface area contributed by atoms with Crippen molar-refractivity contribution < 1.29 is 14.3 Å². The molecule has 28 heavy (non-hydrogen) atoms. The lowest BCUT2D eigenvalue weighted by molar-refractivity contribution is -0.126. The number of carbonyl (C=O) groups is 2. The van der Waals surface area contributed by atoms with Crippen molar-refractivity contribution in [1.29, 1.82) is 0 Å². The van der Waals surface area contributed by atoms with Gasteiger partial charge in [-0.2, -0.15) is 0 Å². The Labute approximate surface area is 165 Å². The standard InChI is InChI=1S/C21H26N4O3/c1-2-8-25-17-15-24(10-9-23-11-13-28-14-12-23)20(26)18(17)19(22-21(25)27)16-6-4-3-5-7-16/h2-7,19H,1,8-15H2,(H,22,27)/t19-/m0/s1. The maximum absolute atomic E-state index is 13.3. The molecular formula is C21H26N4O3. The van der Waals surface area contributed by atoms with E-state index >= 15 is 0 Å². The van der Waals surface area contributed by atoms with Crippen molar-refractivity contribution in [3.63, 3.8) is 0 Å². The van der Waals surface area contributed by atoms with Gasteiger partial charge >= 0.3 is 6.03 Å². The molecule has 0 unspecified atom stereocenters. The molecule has 1 aromatic carbocycles. The Morgan fingerprint density at radius 1 is 1.14 bits per heavy atom. The van der Waals surface area contributed by atoms with Crippen molar-refractivity contribution in [3.8, 4) is 0 Å². The molecule has 1 aromatic rings. The van der Waals surface area contributed by atoms with Crippen LogP contribution in [0.25, 0.3) is 0 Å². The summed E-state index contributed by atoms with van der Waals surface area (Å²) in [5, 5.41) is 3.00. The van der Waals surface area contributed by atoms with Gasteiger partial charge in [-0.1, -0.05) is 36.4 Å². The zero-order chi connectivity index (χ0) is 19.5. The first-order chi connectivity index (χ1) is 13.7. The highest BCUT2D eigenvalue weighted by molar-refractivity contribution is 6.01. The highest BCUT2D eigenvalue weighted by atomic mass is 16.5. The van der Waals surface area contributed by atoms with Gasteiger partial charge in [0, 0.05) is 32.7 Å². The van der Waals surface area contributed by atoms with Gasteiger partial charge in [-0.05, 0) is 5.56 Å². The number of morpholine rings is 1. The maximum atomic E-state index is 13.3. The lowest BCUT2D eigenvalue weighted by Crippen LogP contribution is -2.47. The molecule has 0 radical (unpaired) electrons. The minimum atomic E-state index is -0.411. The molecule has 3 heterocycles. The van der Waals surface area contributed by atoms with Crippen LogP contribution in [0.2, 0.25) is 0 Å². The van der Waals surface area contributed by atoms with Crippen LogP contribution in [0.1, 0.15) is 11.6 Å². The molecule has 7 heteroatoms. The van der Waals surface area contributed by atoms with Gasteiger partial charge < -0.3 is 15.0 Å². The summed E-state index contributed by atoms with van der Waals surface area (Å²) in [5.41, 5.74) is 2.39. The molecular weight excluding hydrogens is 356 g/mol. The van der Waals surface area contributed by atoms with Crippen LogP contribution in [-0.2, 0) is 9.53 Å². The number of nitrogens with zero attached hydrogens (tertiary/aromatic N) is 3. The van der Waals surface area contributed by atoms with Gasteiger partial charge in [-0.3, -0.25) is 14.6 Å². The van der Waals surface area contributed by atoms with Crippen molar-refractivity contribution in [3.05, 3.63) is 59.8 Å². The Morgan fingerprint density at radius 3 is 2.61 bits per heavy atom. The number of urea groups is 1. The first kappa shape index (κ1) is 18.7. The van der Waals surface area contributed by atoms with Crippen molar-refractivity contribution >= 4 is 11.9 Å². The van der Waals surface area contributed by atoms with Crippen LogP contribution >= 0.6 is 0 Å². The number of hydrogen-bond acceptors (Lipinski definition) is 4. The van der Waals surface area contributed by atoms with Gasteiger partial charge in [-0.25, -0.2) is 4.79 Å². The van der Waals surface area contributed by atoms with Crippen molar-refractivity contribution in [2.75, 3.05) is 52.5 Å². The van der Waals surface area contributed by atoms with Crippen molar-refractivity contribution in [2.24, 2.45) is 0 Å². The molecule has 0 bridgehead atoms. The van der Waals surface area contributed by atoms with Crippen molar-refractivity contribution in [2.45, 2.75) is 6.04 Å². The molecule has 0 saturated carbocycles. The number of benzene rings is 1. The van der Waals surface area contributed by atoms with E-state index in [1.165, 1.54) is 0 Å². The van der Waals surface area contributed by atoms with Crippen molar-refractivity contribution in [1.82, 2.24) is 20.0 Å². The van der Waals surface area contributed by atoms with Gasteiger partial charge in [0.05, 0.1) is 37.1 Å². The smallest absolute Gasteiger partial charge is 0.322 e. The SMILES string of the molecule is C=CCN1C(=O)N[C@@H](c2ccccc2)C2=C1CN(CCN1CCOCC1)C2=O. The molecule has 1 saturated heterocycles. The second kappa shape index (κ2) is 8.16. The largest absolute Gasteiger partial charge is 0.379 e. The van der Waals surface area contributed by atoms with Gasteiger partial charge in [0.25, 0.3) is 5.91 Å². The fraction of sp³-hybridized carbons (Fsp3) is 0.429. The van der Waals surface area contributed by atoms with E-state index in [-0.39, 0.29) is 11.9 Å². The molecule has 0 spiro atoms. The summed E-state index contributed by atoms with van der Waals surface area (Å²) in [5.74, 6) is 0.00572. The number of nitrogens with one attached hydrogen (secondary N) is 1. The Hall–Kier alpha value is -2.64. The molecule has 7 nitrogen and oxygen atoms in total. The summed E-state index contributed by atoms with van der Waals surface area (Å²) in [7, 11) is 0. The number of amides is 3. The van der Waals surface area contributed by atoms with E-state index in [1.54, 1.807) is 11.0 Å². The topological polar surface area (TPSA) is 65.1 Å². The molecule has 4 rings (SSSR count). The lowest BCUT2D eigenvalue weighted by Gasteiger charge is -2.33. The van der Waals surface area contributed by atoms with E-state index in [2.05, 4.69) is 16.8 Å². The minimum absolute atomic E-state index is 0.00572. The summed E-state index contributed by atoms with van der Waals surface area (Å²) < 4.78 is 5.39. The van der Waals surface area contributed by atoms with Crippen LogP contribution in [0.15, 0.2) is 54.3 Å². The minimum Gasteiger partial charge on any atom is -0.379 e. The van der Waals surface area contributed by atoms with E-state index < -0.39 is 6.04 Å². The maximum Gasteiger partial charge on any atom is 0.322 e. The zero-order valence-electron chi connectivity index (χ0n) is 16.0. The molecule has 1 atom stereocenters. The quantitative estimate of drug-likeness (QED) is 0.755. The van der Waals surface area contributed by atoms with Crippen LogP contribution in [0.4, 0.5) is 4.79 Å². The third-order valence-electron chi connectivity index (χ3n) is 5.53. The molecule has 0 aliphatic carbocycles. The average Bonchev–Trinajstić information content (AvgIpc) is 3.06. The first-order valence-electron chi connectivity index (χ1n) is 9.75. The molecule has 0 aromatic heterocycles. The molecule has 3 amide bonds. The second-order valence-corrected chi connectivity index (χ2v) is 7.23. The fourth-order valence-corrected chi connectivity index (χ4v) is 4.03. The van der Waals surface area contributed by atoms with E-state index in [1.807, 2.05) is 35.2 Å². The summed E-state index contributed by atoms with van der Waals surface area (Å²) in [6.45, 7) is 9.33. The highest BCUT2D eigenvalue weighted by Crippen LogP contribution is 2.36. The first-order valence-corrected chi connectivity index (χ1v) is 9.75.